The fourth-order valence-electron chi connectivity index (χ4n) is 1.50. The van der Waals surface area contributed by atoms with E-state index in [0.29, 0.717) is 5.69 Å². The van der Waals surface area contributed by atoms with Gasteiger partial charge in [0.1, 0.15) is 12.3 Å². The van der Waals surface area contributed by atoms with Gasteiger partial charge in [-0.3, -0.25) is 4.18 Å². The van der Waals surface area contributed by atoms with Crippen LogP contribution in [0.15, 0.2) is 30.5 Å². The van der Waals surface area contributed by atoms with E-state index in [9.17, 15) is 8.42 Å². The average Bonchev–Trinajstić information content (AvgIpc) is 2.86. The third-order valence-electron chi connectivity index (χ3n) is 2.36. The molecular weight excluding hydrogens is 278 g/mol. The minimum atomic E-state index is -3.48. The molecule has 104 valence electrons. The fraction of sp³-hybridized carbons (Fsp3) is 0.231. The highest BCUT2D eigenvalue weighted by Gasteiger charge is 2.07. The van der Waals surface area contributed by atoms with Crippen molar-refractivity contribution in [1.82, 2.24) is 15.0 Å². The summed E-state index contributed by atoms with van der Waals surface area (Å²) in [6, 6.07) is 7.46. The van der Waals surface area contributed by atoms with Gasteiger partial charge in [-0.25, -0.2) is 4.68 Å². The highest BCUT2D eigenvalue weighted by atomic mass is 32.2. The fourth-order valence-corrected chi connectivity index (χ4v) is 1.83. The summed E-state index contributed by atoms with van der Waals surface area (Å²) >= 11 is 0. The first-order valence-electron chi connectivity index (χ1n) is 5.77. The largest absolute Gasteiger partial charge is 0.264 e. The molecule has 2 rings (SSSR count). The van der Waals surface area contributed by atoms with E-state index in [-0.39, 0.29) is 6.61 Å². The Morgan fingerprint density at radius 2 is 2.00 bits per heavy atom. The molecule has 0 aliphatic heterocycles. The molecule has 0 unspecified atom stereocenters. The van der Waals surface area contributed by atoms with Crippen LogP contribution in [0.2, 0.25) is 0 Å². The summed E-state index contributed by atoms with van der Waals surface area (Å²) < 4.78 is 28.0. The molecule has 0 N–H and O–H groups in total. The zero-order chi connectivity index (χ0) is 14.6. The van der Waals surface area contributed by atoms with Crippen LogP contribution in [0, 0.1) is 11.8 Å². The van der Waals surface area contributed by atoms with E-state index in [1.165, 1.54) is 0 Å². The lowest BCUT2D eigenvalue weighted by molar-refractivity contribution is 0.307. The number of hydrogen-bond donors (Lipinski definition) is 0. The second kappa shape index (κ2) is 5.86. The summed E-state index contributed by atoms with van der Waals surface area (Å²) in [6.07, 6.45) is 2.61. The molecule has 0 bridgehead atoms. The zero-order valence-corrected chi connectivity index (χ0v) is 11.9. The number of benzene rings is 1. The van der Waals surface area contributed by atoms with Gasteiger partial charge in [0.15, 0.2) is 0 Å². The van der Waals surface area contributed by atoms with Crippen LogP contribution < -0.4 is 0 Å². The van der Waals surface area contributed by atoms with E-state index in [1.807, 2.05) is 24.3 Å². The lowest BCUT2D eigenvalue weighted by Gasteiger charge is -1.99. The standard InChI is InChI=1S/C13H13N3O3S/c1-3-4-11-5-7-13(8-6-11)16-9-12(14-15-16)10-19-20(2,17)18/h5-9H,10H2,1-2H3. The molecule has 2 aromatic rings. The van der Waals surface area contributed by atoms with Crippen molar-refractivity contribution in [2.45, 2.75) is 13.5 Å². The molecule has 0 radical (unpaired) electrons. The van der Waals surface area contributed by atoms with E-state index >= 15 is 0 Å². The van der Waals surface area contributed by atoms with Crippen LogP contribution in [-0.4, -0.2) is 29.7 Å². The second-order valence-electron chi connectivity index (χ2n) is 4.04. The molecule has 7 heteroatoms. The highest BCUT2D eigenvalue weighted by Crippen LogP contribution is 2.09. The van der Waals surface area contributed by atoms with Gasteiger partial charge in [-0.15, -0.1) is 11.0 Å². The first-order chi connectivity index (χ1) is 9.48. The van der Waals surface area contributed by atoms with Gasteiger partial charge in [-0.2, -0.15) is 8.42 Å². The van der Waals surface area contributed by atoms with Crippen molar-refractivity contribution in [3.8, 4) is 17.5 Å². The average molecular weight is 291 g/mol. The van der Waals surface area contributed by atoms with Crippen molar-refractivity contribution in [3.05, 3.63) is 41.7 Å². The highest BCUT2D eigenvalue weighted by molar-refractivity contribution is 7.85. The number of hydrogen-bond acceptors (Lipinski definition) is 5. The van der Waals surface area contributed by atoms with Crippen LogP contribution in [0.4, 0.5) is 0 Å². The monoisotopic (exact) mass is 291 g/mol. The summed E-state index contributed by atoms with van der Waals surface area (Å²) in [5, 5.41) is 7.77. The number of rotatable bonds is 4. The SMILES string of the molecule is CC#Cc1ccc(-n2cc(COS(C)(=O)=O)nn2)cc1. The molecule has 20 heavy (non-hydrogen) atoms. The minimum Gasteiger partial charge on any atom is -0.264 e. The summed E-state index contributed by atoms with van der Waals surface area (Å²) in [5.41, 5.74) is 2.16. The van der Waals surface area contributed by atoms with Crippen LogP contribution >= 0.6 is 0 Å². The first-order valence-corrected chi connectivity index (χ1v) is 7.58. The molecule has 1 heterocycles. The molecule has 0 aliphatic rings. The predicted molar refractivity (Wildman–Crippen MR) is 73.5 cm³/mol. The maximum Gasteiger partial charge on any atom is 0.264 e. The first kappa shape index (κ1) is 14.2. The Kier molecular flexibility index (Phi) is 4.17. The van der Waals surface area contributed by atoms with Crippen molar-refractivity contribution >= 4 is 10.1 Å². The van der Waals surface area contributed by atoms with Gasteiger partial charge in [0.05, 0.1) is 18.1 Å². The molecule has 0 saturated heterocycles. The Morgan fingerprint density at radius 3 is 2.60 bits per heavy atom. The van der Waals surface area contributed by atoms with Gasteiger partial charge in [0, 0.05) is 5.56 Å². The van der Waals surface area contributed by atoms with E-state index in [2.05, 4.69) is 26.3 Å². The van der Waals surface area contributed by atoms with Crippen molar-refractivity contribution in [3.63, 3.8) is 0 Å². The van der Waals surface area contributed by atoms with Gasteiger partial charge in [-0.05, 0) is 31.2 Å². The Hall–Kier alpha value is -2.17. The van der Waals surface area contributed by atoms with E-state index in [1.54, 1.807) is 17.8 Å². The molecule has 0 amide bonds. The quantitative estimate of drug-likeness (QED) is 0.623. The summed E-state index contributed by atoms with van der Waals surface area (Å²) in [7, 11) is -3.48. The smallest absolute Gasteiger partial charge is 0.264 e. The predicted octanol–water partition coefficient (Wildman–Crippen LogP) is 1.11. The molecule has 6 nitrogen and oxygen atoms in total. The Morgan fingerprint density at radius 1 is 1.30 bits per heavy atom. The van der Waals surface area contributed by atoms with E-state index in [0.717, 1.165) is 17.5 Å². The lowest BCUT2D eigenvalue weighted by atomic mass is 10.2. The van der Waals surface area contributed by atoms with Crippen molar-refractivity contribution in [2.75, 3.05) is 6.26 Å². The van der Waals surface area contributed by atoms with Gasteiger partial charge in [0.25, 0.3) is 10.1 Å². The van der Waals surface area contributed by atoms with Crippen LogP contribution in [0.25, 0.3) is 5.69 Å². The summed E-state index contributed by atoms with van der Waals surface area (Å²) in [5.74, 6) is 5.77. The van der Waals surface area contributed by atoms with Gasteiger partial charge >= 0.3 is 0 Å². The van der Waals surface area contributed by atoms with Crippen LogP contribution in [0.5, 0.6) is 0 Å². The molecule has 0 fully saturated rings. The maximum atomic E-state index is 10.9. The maximum absolute atomic E-state index is 10.9. The minimum absolute atomic E-state index is 0.127. The number of nitrogens with zero attached hydrogens (tertiary/aromatic N) is 3. The van der Waals surface area contributed by atoms with Crippen LogP contribution in [0.1, 0.15) is 18.2 Å². The molecule has 0 aliphatic carbocycles. The molecule has 1 aromatic carbocycles. The number of aromatic nitrogens is 3. The van der Waals surface area contributed by atoms with Gasteiger partial charge in [-0.1, -0.05) is 11.1 Å². The van der Waals surface area contributed by atoms with Crippen LogP contribution in [-0.2, 0) is 20.9 Å². The molecule has 0 saturated carbocycles. The summed E-state index contributed by atoms with van der Waals surface area (Å²) in [4.78, 5) is 0. The van der Waals surface area contributed by atoms with E-state index < -0.39 is 10.1 Å². The summed E-state index contributed by atoms with van der Waals surface area (Å²) in [6.45, 7) is 1.65. The van der Waals surface area contributed by atoms with Crippen LogP contribution in [0.3, 0.4) is 0 Å². The second-order valence-corrected chi connectivity index (χ2v) is 5.69. The van der Waals surface area contributed by atoms with Crippen molar-refractivity contribution in [2.24, 2.45) is 0 Å². The topological polar surface area (TPSA) is 74.1 Å². The molecule has 1 aromatic heterocycles. The third-order valence-corrected chi connectivity index (χ3v) is 2.91. The lowest BCUT2D eigenvalue weighted by Crippen LogP contribution is -2.02. The molecule has 0 atom stereocenters. The Bertz CT molecular complexity index is 752. The van der Waals surface area contributed by atoms with Crippen molar-refractivity contribution in [1.29, 1.82) is 0 Å². The Labute approximate surface area is 117 Å². The van der Waals surface area contributed by atoms with Gasteiger partial charge in [0.2, 0.25) is 0 Å². The molecule has 0 spiro atoms. The normalized spacial score (nSPS) is 10.9. The zero-order valence-electron chi connectivity index (χ0n) is 11.1. The van der Waals surface area contributed by atoms with Crippen molar-refractivity contribution < 1.29 is 12.6 Å². The Balaban J connectivity index is 2.13. The van der Waals surface area contributed by atoms with Gasteiger partial charge < -0.3 is 0 Å². The molecular formula is C13H13N3O3S. The van der Waals surface area contributed by atoms with E-state index in [4.69, 9.17) is 0 Å². The third kappa shape index (κ3) is 3.91.